The second-order valence-corrected chi connectivity index (χ2v) is 17.4. The second-order valence-electron chi connectivity index (χ2n) is 17.4. The molecule has 4 aliphatic heterocycles. The summed E-state index contributed by atoms with van der Waals surface area (Å²) in [5, 5.41) is 26.0. The Morgan fingerprint density at radius 3 is 2.48 bits per heavy atom. The Balaban J connectivity index is 1.40. The number of fused-ring (bicyclic) bond motifs is 9. The molecule has 3 aromatic carbocycles. The average Bonchev–Trinajstić information content (AvgIpc) is 3.69. The number of allylic oxidation sites excluding steroid dienone is 2. The molecule has 1 fully saturated rings. The van der Waals surface area contributed by atoms with Crippen molar-refractivity contribution in [2.24, 2.45) is 17.8 Å². The Morgan fingerprint density at radius 1 is 1.03 bits per heavy atom. The van der Waals surface area contributed by atoms with Crippen molar-refractivity contribution in [1.82, 2.24) is 9.88 Å². The first-order valence-electron chi connectivity index (χ1n) is 21.5. The molecule has 3 N–H and O–H groups in total. The third-order valence-electron chi connectivity index (χ3n) is 12.4. The first-order chi connectivity index (χ1) is 30.4. The number of aliphatic hydroxyl groups is 1. The van der Waals surface area contributed by atoms with Gasteiger partial charge >= 0.3 is 11.8 Å². The summed E-state index contributed by atoms with van der Waals surface area (Å²) in [6.45, 7) is 12.6. The minimum atomic E-state index is -2.03. The summed E-state index contributed by atoms with van der Waals surface area (Å²) in [5.41, 5.74) is -0.299. The Hall–Kier alpha value is -5.81. The van der Waals surface area contributed by atoms with Crippen LogP contribution in [0.15, 0.2) is 63.6 Å². The van der Waals surface area contributed by atoms with Gasteiger partial charge in [0.05, 0.1) is 42.1 Å². The van der Waals surface area contributed by atoms with Gasteiger partial charge in [-0.3, -0.25) is 19.2 Å². The number of hydrogen-bond donors (Lipinski definition) is 3. The van der Waals surface area contributed by atoms with Crippen molar-refractivity contribution in [1.29, 1.82) is 0 Å². The van der Waals surface area contributed by atoms with Crippen molar-refractivity contribution in [3.63, 3.8) is 0 Å². The van der Waals surface area contributed by atoms with E-state index in [4.69, 9.17) is 37.8 Å². The normalized spacial score (nSPS) is 29.2. The van der Waals surface area contributed by atoms with Gasteiger partial charge in [0.1, 0.15) is 40.4 Å². The van der Waals surface area contributed by atoms with Gasteiger partial charge < -0.3 is 53.3 Å². The third-order valence-corrected chi connectivity index (χ3v) is 12.4. The largest absolute Gasteiger partial charge is 0.505 e. The number of hydrogen-bond acceptors (Lipinski definition) is 15. The lowest BCUT2D eigenvalue weighted by atomic mass is 9.86. The van der Waals surface area contributed by atoms with Crippen molar-refractivity contribution >= 4 is 56.3 Å². The number of methoxy groups -OCH3 is 1. The van der Waals surface area contributed by atoms with E-state index in [1.807, 2.05) is 34.0 Å². The molecule has 5 heterocycles. The predicted octanol–water partition coefficient (Wildman–Crippen LogP) is 6.49. The molecule has 0 saturated carbocycles. The lowest BCUT2D eigenvalue weighted by Gasteiger charge is -2.33. The molecule has 1 aromatic heterocycles. The summed E-state index contributed by atoms with van der Waals surface area (Å²) in [7, 11) is 5.47. The van der Waals surface area contributed by atoms with E-state index in [2.05, 4.69) is 10.2 Å². The van der Waals surface area contributed by atoms with Crippen LogP contribution >= 0.6 is 0 Å². The highest BCUT2D eigenvalue weighted by Crippen LogP contribution is 2.48. The summed E-state index contributed by atoms with van der Waals surface area (Å²) in [5.74, 6) is -5.43. The van der Waals surface area contributed by atoms with E-state index in [0.717, 1.165) is 19.4 Å². The van der Waals surface area contributed by atoms with Gasteiger partial charge in [-0.15, -0.1) is 0 Å². The minimum absolute atomic E-state index is 0.00272. The van der Waals surface area contributed by atoms with Gasteiger partial charge in [0.25, 0.3) is 11.7 Å². The number of aliphatic hydroxyl groups excluding tert-OH is 1. The molecule has 1 amide bonds. The lowest BCUT2D eigenvalue weighted by Crippen LogP contribution is -2.46. The van der Waals surface area contributed by atoms with Gasteiger partial charge in [-0.2, -0.15) is 0 Å². The second kappa shape index (κ2) is 18.4. The third kappa shape index (κ3) is 8.59. The molecule has 4 aliphatic rings. The molecule has 16 nitrogen and oxygen atoms in total. The zero-order valence-electron chi connectivity index (χ0n) is 37.8. The van der Waals surface area contributed by atoms with Crippen LogP contribution in [0.4, 0.5) is 5.69 Å². The number of rotatable bonds is 8. The number of carbonyl (C=O) groups is 3. The van der Waals surface area contributed by atoms with E-state index >= 15 is 0 Å². The Bertz CT molecular complexity index is 2650. The minimum Gasteiger partial charge on any atom is -0.505 e. The number of Topliss-reactive ketones (excluding diaryl/α,β-unsaturated/α-hetero) is 1. The number of carbonyl (C=O) groups excluding carboxylic acids is 3. The molecule has 0 aliphatic carbocycles. The van der Waals surface area contributed by atoms with E-state index in [0.29, 0.717) is 17.9 Å². The zero-order chi connectivity index (χ0) is 46.4. The van der Waals surface area contributed by atoms with Crippen LogP contribution in [0.5, 0.6) is 17.2 Å². The number of nitrogens with one attached hydrogen (secondary N) is 1. The fourth-order valence-corrected chi connectivity index (χ4v) is 8.77. The molecule has 4 aromatic rings. The van der Waals surface area contributed by atoms with Crippen LogP contribution in [-0.2, 0) is 28.5 Å². The first kappa shape index (κ1) is 46.2. The molecule has 0 radical (unpaired) electrons. The number of nitrogens with zero attached hydrogens (tertiary/aromatic N) is 2. The Kier molecular flexibility index (Phi) is 13.2. The van der Waals surface area contributed by atoms with Crippen molar-refractivity contribution < 1.29 is 57.4 Å². The number of amides is 1. The fraction of sp³-hybridized carbons (Fsp3) is 0.479. The van der Waals surface area contributed by atoms with Gasteiger partial charge in [-0.1, -0.05) is 39.0 Å². The molecular weight excluding hydrogens is 827 g/mol. The number of anilines is 1. The van der Waals surface area contributed by atoms with E-state index in [1.54, 1.807) is 44.2 Å². The number of aromatic hydroxyl groups is 1. The highest BCUT2D eigenvalue weighted by atomic mass is 16.7. The average molecular weight is 884 g/mol. The summed E-state index contributed by atoms with van der Waals surface area (Å²) < 4.78 is 42.9. The quantitative estimate of drug-likeness (QED) is 0.0569. The number of phenolic OH excluding ortho intramolecular Hbond substituents is 1. The molecule has 64 heavy (non-hydrogen) atoms. The molecule has 7 bridgehead atoms. The fourth-order valence-electron chi connectivity index (χ4n) is 8.77. The Morgan fingerprint density at radius 2 is 1.78 bits per heavy atom. The van der Waals surface area contributed by atoms with Crippen molar-refractivity contribution in [2.75, 3.05) is 39.7 Å². The van der Waals surface area contributed by atoms with Crippen LogP contribution in [0.2, 0.25) is 0 Å². The SMILES string of the molecule is CO[C@H]1/C=C/O[C@@]2(C)Oc3c(C)c(=O)c4c(O)c(c5oc6cc(OCCCCN(C)C)ccc6nc5c4c3C2=O)NC(=O)/C(C)=C\C=C\[C@H](C)[C@@H]2O[C@H]([C@H](O)[C@@H]2C)[C@H](OC(C)=O)[C@@H]1C. The number of unbranched alkanes of at least 4 members (excludes halogenated alkanes) is 1. The Labute approximate surface area is 370 Å². The number of benzene rings is 3. The standard InChI is InChI=1S/C48H57N3O13/c1-23-14-13-15-24(2)47(57)50-37-40(55)34-33(36-44(37)62-32-22-29(16-17-30(32)49-36)59-20-12-11-19-51(8)9)35-42(26(4)38(34)53)64-48(7,46(35)56)60-21-18-31(58-10)25(3)43(61-28(6)52)45-39(54)27(5)41(23)63-45/h13-18,21-23,25,27,31,39,41,43,45,54-55H,11-12,19-20H2,1-10H3,(H,50,57)/b14-13+,21-18+,24-15-/t23-,25+,27-,31-,39+,41-,43+,45+,48-/m0/s1. The van der Waals surface area contributed by atoms with E-state index in [-0.39, 0.29) is 67.4 Å². The maximum Gasteiger partial charge on any atom is 0.312 e. The predicted molar refractivity (Wildman–Crippen MR) is 239 cm³/mol. The molecule has 16 heteroatoms. The molecular formula is C48H57N3O13. The topological polar surface area (TPSA) is 205 Å². The van der Waals surface area contributed by atoms with E-state index in [9.17, 15) is 29.4 Å². The van der Waals surface area contributed by atoms with Crippen LogP contribution in [0, 0.1) is 24.7 Å². The molecule has 1 saturated heterocycles. The van der Waals surface area contributed by atoms with Crippen LogP contribution < -0.4 is 20.2 Å². The number of phenols is 1. The van der Waals surface area contributed by atoms with Crippen molar-refractivity contribution in [3.8, 4) is 17.2 Å². The molecule has 9 atom stereocenters. The smallest absolute Gasteiger partial charge is 0.312 e. The van der Waals surface area contributed by atoms with Crippen LogP contribution in [0.25, 0.3) is 33.0 Å². The number of aromatic nitrogens is 1. The monoisotopic (exact) mass is 883 g/mol. The first-order valence-corrected chi connectivity index (χ1v) is 21.5. The maximum absolute atomic E-state index is 14.7. The van der Waals surface area contributed by atoms with Crippen LogP contribution in [-0.4, -0.2) is 108 Å². The van der Waals surface area contributed by atoms with Crippen LogP contribution in [0.1, 0.15) is 70.3 Å². The van der Waals surface area contributed by atoms with Gasteiger partial charge in [0, 0.05) is 61.3 Å². The molecule has 0 spiro atoms. The van der Waals surface area contributed by atoms with Gasteiger partial charge in [0.15, 0.2) is 22.3 Å². The van der Waals surface area contributed by atoms with Gasteiger partial charge in [-0.25, -0.2) is 4.98 Å². The maximum atomic E-state index is 14.7. The van der Waals surface area contributed by atoms with Crippen molar-refractivity contribution in [3.05, 3.63) is 75.7 Å². The summed E-state index contributed by atoms with van der Waals surface area (Å²) in [4.78, 5) is 62.5. The molecule has 342 valence electrons. The number of ketones is 1. The highest BCUT2D eigenvalue weighted by Gasteiger charge is 2.51. The van der Waals surface area contributed by atoms with Crippen molar-refractivity contribution in [2.45, 2.75) is 97.6 Å². The van der Waals surface area contributed by atoms with Gasteiger partial charge in [-0.05, 0) is 65.5 Å². The lowest BCUT2D eigenvalue weighted by molar-refractivity contribution is -0.168. The zero-order valence-corrected chi connectivity index (χ0v) is 37.8. The summed E-state index contributed by atoms with van der Waals surface area (Å²) in [6, 6.07) is 5.07. The molecule has 8 rings (SSSR count). The highest BCUT2D eigenvalue weighted by molar-refractivity contribution is 6.26. The van der Waals surface area contributed by atoms with Crippen LogP contribution in [0.3, 0.4) is 0 Å². The number of esters is 1. The number of ether oxygens (including phenoxy) is 6. The molecule has 0 unspecified atom stereocenters. The van der Waals surface area contributed by atoms with E-state index < -0.39 is 71.1 Å². The van der Waals surface area contributed by atoms with Gasteiger partial charge in [0.2, 0.25) is 0 Å². The summed E-state index contributed by atoms with van der Waals surface area (Å²) >= 11 is 0. The van der Waals surface area contributed by atoms with E-state index in [1.165, 1.54) is 40.2 Å². The summed E-state index contributed by atoms with van der Waals surface area (Å²) in [6.07, 6.45) is 5.40.